The molecule has 0 saturated carbocycles. The van der Waals surface area contributed by atoms with E-state index in [1.807, 2.05) is 36.6 Å². The van der Waals surface area contributed by atoms with E-state index in [4.69, 9.17) is 0 Å². The number of phenolic OH excluding ortho intramolecular Hbond substituents is 2. The van der Waals surface area contributed by atoms with Crippen molar-refractivity contribution < 1.29 is 15.0 Å². The molecule has 31 heavy (non-hydrogen) atoms. The lowest BCUT2D eigenvalue weighted by atomic mass is 10.1. The lowest BCUT2D eigenvalue weighted by molar-refractivity contribution is 0.0783. The largest absolute Gasteiger partial charge is 0.507 e. The van der Waals surface area contributed by atoms with Crippen molar-refractivity contribution in [2.75, 3.05) is 7.05 Å². The third-order valence-electron chi connectivity index (χ3n) is 4.93. The molecule has 0 atom stereocenters. The Morgan fingerprint density at radius 3 is 2.65 bits per heavy atom. The number of nitrogens with one attached hydrogen (secondary N) is 1. The summed E-state index contributed by atoms with van der Waals surface area (Å²) in [6, 6.07) is 13.5. The molecule has 0 bridgehead atoms. The number of hydrogen-bond acceptors (Lipinski definition) is 6. The van der Waals surface area contributed by atoms with Crippen molar-refractivity contribution >= 4 is 17.2 Å². The summed E-state index contributed by atoms with van der Waals surface area (Å²) in [5.41, 5.74) is 1.08. The normalized spacial score (nSPS) is 10.9. The first kappa shape index (κ1) is 20.4. The number of hydrogen-bond donors (Lipinski definition) is 3. The average molecular weight is 436 g/mol. The monoisotopic (exact) mass is 436 g/mol. The first-order chi connectivity index (χ1) is 14.9. The van der Waals surface area contributed by atoms with Crippen molar-refractivity contribution in [2.24, 2.45) is 0 Å². The maximum absolute atomic E-state index is 13.0. The number of phenols is 2. The van der Waals surface area contributed by atoms with E-state index >= 15 is 0 Å². The number of aromatic nitrogens is 3. The second kappa shape index (κ2) is 8.11. The Labute approximate surface area is 181 Å². The van der Waals surface area contributed by atoms with Gasteiger partial charge >= 0.3 is 5.69 Å². The van der Waals surface area contributed by atoms with Gasteiger partial charge in [-0.15, -0.1) is 11.3 Å². The molecular formula is C22H20N4O4S. The summed E-state index contributed by atoms with van der Waals surface area (Å²) >= 11 is 1.53. The van der Waals surface area contributed by atoms with Crippen LogP contribution in [0.2, 0.25) is 0 Å². The number of amides is 1. The number of thiophene rings is 1. The highest BCUT2D eigenvalue weighted by molar-refractivity contribution is 7.09. The Morgan fingerprint density at radius 1 is 1.16 bits per heavy atom. The Balaban J connectivity index is 1.79. The SMILES string of the molecule is Cc1ccccc1-n1c(-c2cc(C(=O)N(C)Cc3cccs3)c(O)cc2O)n[nH]c1=O. The maximum Gasteiger partial charge on any atom is 0.348 e. The van der Waals surface area contributed by atoms with Crippen LogP contribution in [0.5, 0.6) is 11.5 Å². The molecule has 0 saturated heterocycles. The molecule has 0 aliphatic heterocycles. The van der Waals surface area contributed by atoms with Crippen LogP contribution >= 0.6 is 11.3 Å². The van der Waals surface area contributed by atoms with E-state index in [-0.39, 0.29) is 28.5 Å². The Morgan fingerprint density at radius 2 is 1.94 bits per heavy atom. The summed E-state index contributed by atoms with van der Waals surface area (Å²) in [5.74, 6) is -0.951. The molecule has 2 heterocycles. The van der Waals surface area contributed by atoms with Crippen LogP contribution in [0.4, 0.5) is 0 Å². The van der Waals surface area contributed by atoms with Gasteiger partial charge in [-0.05, 0) is 36.1 Å². The van der Waals surface area contributed by atoms with Crippen LogP contribution in [0.15, 0.2) is 58.7 Å². The van der Waals surface area contributed by atoms with Gasteiger partial charge in [-0.25, -0.2) is 14.5 Å². The van der Waals surface area contributed by atoms with Gasteiger partial charge in [-0.1, -0.05) is 24.3 Å². The number of carbonyl (C=O) groups excluding carboxylic acids is 1. The third-order valence-corrected chi connectivity index (χ3v) is 5.79. The maximum atomic E-state index is 13.0. The molecule has 0 spiro atoms. The average Bonchev–Trinajstić information content (AvgIpc) is 3.38. The highest BCUT2D eigenvalue weighted by Gasteiger charge is 2.23. The minimum absolute atomic E-state index is 0.00126. The zero-order valence-corrected chi connectivity index (χ0v) is 17.7. The van der Waals surface area contributed by atoms with Crippen LogP contribution in [0.3, 0.4) is 0 Å². The molecule has 0 radical (unpaired) electrons. The summed E-state index contributed by atoms with van der Waals surface area (Å²) in [7, 11) is 1.63. The van der Waals surface area contributed by atoms with Crippen LogP contribution in [0.1, 0.15) is 20.8 Å². The van der Waals surface area contributed by atoms with E-state index in [2.05, 4.69) is 10.2 Å². The van der Waals surface area contributed by atoms with Crippen molar-refractivity contribution in [3.63, 3.8) is 0 Å². The predicted molar refractivity (Wildman–Crippen MR) is 118 cm³/mol. The molecule has 8 nitrogen and oxygen atoms in total. The van der Waals surface area contributed by atoms with Gasteiger partial charge in [0.05, 0.1) is 23.4 Å². The topological polar surface area (TPSA) is 111 Å². The van der Waals surface area contributed by atoms with Gasteiger partial charge in [0.15, 0.2) is 5.82 Å². The fourth-order valence-electron chi connectivity index (χ4n) is 3.36. The number of aromatic amines is 1. The molecule has 2 aromatic carbocycles. The number of aromatic hydroxyl groups is 2. The predicted octanol–water partition coefficient (Wildman–Crippen LogP) is 3.28. The second-order valence-electron chi connectivity index (χ2n) is 7.10. The fourth-order valence-corrected chi connectivity index (χ4v) is 4.11. The van der Waals surface area contributed by atoms with E-state index in [9.17, 15) is 19.8 Å². The van der Waals surface area contributed by atoms with Gasteiger partial charge in [-0.2, -0.15) is 5.10 Å². The van der Waals surface area contributed by atoms with Crippen LogP contribution in [-0.2, 0) is 6.54 Å². The van der Waals surface area contributed by atoms with Crippen molar-refractivity contribution in [3.8, 4) is 28.6 Å². The zero-order chi connectivity index (χ0) is 22.1. The molecule has 4 rings (SSSR count). The molecule has 0 aliphatic carbocycles. The number of H-pyrrole nitrogens is 1. The summed E-state index contributed by atoms with van der Waals surface area (Å²) in [4.78, 5) is 28.0. The number of rotatable bonds is 5. The number of aryl methyl sites for hydroxylation is 1. The number of nitrogens with zero attached hydrogens (tertiary/aromatic N) is 3. The van der Waals surface area contributed by atoms with Gasteiger partial charge < -0.3 is 15.1 Å². The quantitative estimate of drug-likeness (QED) is 0.445. The van der Waals surface area contributed by atoms with E-state index in [1.165, 1.54) is 26.9 Å². The van der Waals surface area contributed by atoms with Gasteiger partial charge in [0.2, 0.25) is 0 Å². The Hall–Kier alpha value is -3.85. The van der Waals surface area contributed by atoms with Crippen LogP contribution < -0.4 is 5.69 Å². The number of para-hydroxylation sites is 1. The molecule has 4 aromatic rings. The second-order valence-corrected chi connectivity index (χ2v) is 8.13. The van der Waals surface area contributed by atoms with Crippen molar-refractivity contribution in [1.82, 2.24) is 19.7 Å². The number of carbonyl (C=O) groups is 1. The molecule has 1 amide bonds. The van der Waals surface area contributed by atoms with Crippen LogP contribution in [-0.4, -0.2) is 42.8 Å². The first-order valence-electron chi connectivity index (χ1n) is 9.44. The Kier molecular flexibility index (Phi) is 5.35. The lowest BCUT2D eigenvalue weighted by Crippen LogP contribution is -2.26. The molecule has 0 aliphatic rings. The van der Waals surface area contributed by atoms with Crippen molar-refractivity contribution in [3.05, 3.63) is 80.4 Å². The molecular weight excluding hydrogens is 416 g/mol. The Bertz CT molecular complexity index is 1310. The van der Waals surface area contributed by atoms with E-state index in [1.54, 1.807) is 19.2 Å². The van der Waals surface area contributed by atoms with Gasteiger partial charge in [0, 0.05) is 18.0 Å². The van der Waals surface area contributed by atoms with Crippen LogP contribution in [0, 0.1) is 6.92 Å². The lowest BCUT2D eigenvalue weighted by Gasteiger charge is -2.18. The molecule has 2 aromatic heterocycles. The highest BCUT2D eigenvalue weighted by atomic mass is 32.1. The molecule has 3 N–H and O–H groups in total. The van der Waals surface area contributed by atoms with Crippen molar-refractivity contribution in [1.29, 1.82) is 0 Å². The standard InChI is InChI=1S/C22H20N4O4S/c1-13-6-3-4-8-17(13)26-20(23-24-22(26)30)15-10-16(19(28)11-18(15)27)21(29)25(2)12-14-7-5-9-31-14/h3-11,27-28H,12H2,1-2H3,(H,24,30). The molecule has 9 heteroatoms. The smallest absolute Gasteiger partial charge is 0.348 e. The first-order valence-corrected chi connectivity index (χ1v) is 10.3. The van der Waals surface area contributed by atoms with Gasteiger partial charge in [0.1, 0.15) is 11.5 Å². The summed E-state index contributed by atoms with van der Waals surface area (Å²) < 4.78 is 1.32. The number of benzene rings is 2. The van der Waals surface area contributed by atoms with E-state index in [0.29, 0.717) is 12.2 Å². The van der Waals surface area contributed by atoms with E-state index in [0.717, 1.165) is 16.5 Å². The third kappa shape index (κ3) is 3.82. The highest BCUT2D eigenvalue weighted by Crippen LogP contribution is 2.35. The fraction of sp³-hybridized carbons (Fsp3) is 0.136. The molecule has 0 fully saturated rings. The van der Waals surface area contributed by atoms with Gasteiger partial charge in [0.25, 0.3) is 5.91 Å². The van der Waals surface area contributed by atoms with E-state index < -0.39 is 11.6 Å². The molecule has 158 valence electrons. The van der Waals surface area contributed by atoms with Gasteiger partial charge in [-0.3, -0.25) is 4.79 Å². The zero-order valence-electron chi connectivity index (χ0n) is 16.9. The minimum atomic E-state index is -0.487. The minimum Gasteiger partial charge on any atom is -0.507 e. The summed E-state index contributed by atoms with van der Waals surface area (Å²) in [6.45, 7) is 2.23. The summed E-state index contributed by atoms with van der Waals surface area (Å²) in [6.07, 6.45) is 0. The van der Waals surface area contributed by atoms with Crippen LogP contribution in [0.25, 0.3) is 17.1 Å². The van der Waals surface area contributed by atoms with Crippen molar-refractivity contribution in [2.45, 2.75) is 13.5 Å². The molecule has 0 unspecified atom stereocenters. The summed E-state index contributed by atoms with van der Waals surface area (Å²) in [5, 5.41) is 29.2.